The van der Waals surface area contributed by atoms with Gasteiger partial charge >= 0.3 is 0 Å². The van der Waals surface area contributed by atoms with Crippen LogP contribution in [0.3, 0.4) is 0 Å². The van der Waals surface area contributed by atoms with E-state index in [0.717, 1.165) is 22.8 Å². The smallest absolute Gasteiger partial charge is 0.263 e. The van der Waals surface area contributed by atoms with Gasteiger partial charge < -0.3 is 0 Å². The standard InChI is InChI=1S/C21H24F2N2O2S/c1-16-6-8-20(9-7-16)28(26,27)25-15-21(22,23)12-19(25)14-24-11-10-17-4-2-3-5-18(17)13-24/h2-9,19H,10-15H2,1H3/t19-/m0/s1. The summed E-state index contributed by atoms with van der Waals surface area (Å²) in [5, 5.41) is 0. The maximum Gasteiger partial charge on any atom is 0.263 e. The summed E-state index contributed by atoms with van der Waals surface area (Å²) >= 11 is 0. The Morgan fingerprint density at radius 2 is 1.75 bits per heavy atom. The van der Waals surface area contributed by atoms with Crippen LogP contribution in [0.15, 0.2) is 53.4 Å². The molecule has 0 aliphatic carbocycles. The molecule has 2 aliphatic rings. The maximum absolute atomic E-state index is 14.2. The van der Waals surface area contributed by atoms with E-state index in [4.69, 9.17) is 0 Å². The zero-order chi connectivity index (χ0) is 19.9. The molecule has 4 nitrogen and oxygen atoms in total. The Balaban J connectivity index is 1.56. The second kappa shape index (κ2) is 7.21. The van der Waals surface area contributed by atoms with Gasteiger partial charge in [0.15, 0.2) is 0 Å². The number of fused-ring (bicyclic) bond motifs is 1. The van der Waals surface area contributed by atoms with Crippen molar-refractivity contribution in [2.24, 2.45) is 0 Å². The third kappa shape index (κ3) is 3.83. The summed E-state index contributed by atoms with van der Waals surface area (Å²) in [6, 6.07) is 13.8. The minimum Gasteiger partial charge on any atom is -0.297 e. The molecule has 0 unspecified atom stereocenters. The fourth-order valence-corrected chi connectivity index (χ4v) is 5.80. The van der Waals surface area contributed by atoms with E-state index in [0.29, 0.717) is 13.1 Å². The van der Waals surface area contributed by atoms with E-state index in [1.54, 1.807) is 12.1 Å². The molecular weight excluding hydrogens is 382 g/mol. The first-order chi connectivity index (χ1) is 13.2. The molecule has 28 heavy (non-hydrogen) atoms. The van der Waals surface area contributed by atoms with Crippen LogP contribution >= 0.6 is 0 Å². The third-order valence-corrected chi connectivity index (χ3v) is 7.55. The van der Waals surface area contributed by atoms with Crippen molar-refractivity contribution in [3.8, 4) is 0 Å². The fourth-order valence-electron chi connectivity index (χ4n) is 4.16. The summed E-state index contributed by atoms with van der Waals surface area (Å²) in [5.41, 5.74) is 3.39. The van der Waals surface area contributed by atoms with Crippen LogP contribution in [0, 0.1) is 6.92 Å². The van der Waals surface area contributed by atoms with E-state index in [9.17, 15) is 17.2 Å². The van der Waals surface area contributed by atoms with Crippen molar-refractivity contribution >= 4 is 10.0 Å². The van der Waals surface area contributed by atoms with Crippen molar-refractivity contribution in [2.45, 2.75) is 43.2 Å². The van der Waals surface area contributed by atoms with Crippen LogP contribution in [0.2, 0.25) is 0 Å². The summed E-state index contributed by atoms with van der Waals surface area (Å²) in [6.45, 7) is 2.83. The van der Waals surface area contributed by atoms with Crippen molar-refractivity contribution < 1.29 is 17.2 Å². The highest BCUT2D eigenvalue weighted by molar-refractivity contribution is 7.89. The van der Waals surface area contributed by atoms with Crippen LogP contribution in [0.1, 0.15) is 23.1 Å². The van der Waals surface area contributed by atoms with E-state index >= 15 is 0 Å². The Morgan fingerprint density at radius 3 is 2.46 bits per heavy atom. The molecule has 0 bridgehead atoms. The topological polar surface area (TPSA) is 40.6 Å². The molecule has 4 rings (SSSR count). The van der Waals surface area contributed by atoms with Gasteiger partial charge in [-0.1, -0.05) is 42.0 Å². The summed E-state index contributed by atoms with van der Waals surface area (Å²) in [7, 11) is -3.96. The first-order valence-electron chi connectivity index (χ1n) is 9.50. The number of sulfonamides is 1. The van der Waals surface area contributed by atoms with Crippen molar-refractivity contribution in [1.82, 2.24) is 9.21 Å². The van der Waals surface area contributed by atoms with Crippen molar-refractivity contribution in [3.05, 3.63) is 65.2 Å². The van der Waals surface area contributed by atoms with Gasteiger partial charge in [-0.15, -0.1) is 0 Å². The first kappa shape index (κ1) is 19.5. The van der Waals surface area contributed by atoms with Crippen LogP contribution in [-0.4, -0.2) is 49.2 Å². The predicted molar refractivity (Wildman–Crippen MR) is 104 cm³/mol. The Labute approximate surface area is 164 Å². The fraction of sp³-hybridized carbons (Fsp3) is 0.429. The maximum atomic E-state index is 14.2. The van der Waals surface area contributed by atoms with Crippen molar-refractivity contribution in [1.29, 1.82) is 0 Å². The van der Waals surface area contributed by atoms with Crippen LogP contribution < -0.4 is 0 Å². The largest absolute Gasteiger partial charge is 0.297 e. The summed E-state index contributed by atoms with van der Waals surface area (Å²) in [6.07, 6.45) is 0.417. The van der Waals surface area contributed by atoms with Crippen molar-refractivity contribution in [3.63, 3.8) is 0 Å². The first-order valence-corrected chi connectivity index (χ1v) is 10.9. The van der Waals surface area contributed by atoms with Gasteiger partial charge in [0, 0.05) is 32.1 Å². The van der Waals surface area contributed by atoms with Gasteiger partial charge in [0.1, 0.15) is 0 Å². The van der Waals surface area contributed by atoms with E-state index in [1.807, 2.05) is 25.1 Å². The highest BCUT2D eigenvalue weighted by Crippen LogP contribution is 2.36. The zero-order valence-electron chi connectivity index (χ0n) is 15.8. The van der Waals surface area contributed by atoms with Gasteiger partial charge in [-0.2, -0.15) is 4.31 Å². The monoisotopic (exact) mass is 406 g/mol. The average Bonchev–Trinajstić information content (AvgIpc) is 2.97. The quantitative estimate of drug-likeness (QED) is 0.781. The Kier molecular flexibility index (Phi) is 5.02. The number of aryl methyl sites for hydroxylation is 1. The molecule has 2 aliphatic heterocycles. The lowest BCUT2D eigenvalue weighted by Gasteiger charge is -2.33. The minimum atomic E-state index is -3.96. The Morgan fingerprint density at radius 1 is 1.07 bits per heavy atom. The molecule has 2 heterocycles. The molecule has 1 fully saturated rings. The molecule has 0 spiro atoms. The lowest BCUT2D eigenvalue weighted by atomic mass is 9.99. The second-order valence-corrected chi connectivity index (χ2v) is 9.72. The number of benzene rings is 2. The molecule has 2 aromatic rings. The zero-order valence-corrected chi connectivity index (χ0v) is 16.6. The molecule has 7 heteroatoms. The molecule has 2 aromatic carbocycles. The molecule has 0 radical (unpaired) electrons. The number of halogens is 2. The average molecular weight is 406 g/mol. The van der Waals surface area contributed by atoms with Gasteiger partial charge in [-0.05, 0) is 36.6 Å². The Hall–Kier alpha value is -1.83. The number of nitrogens with zero attached hydrogens (tertiary/aromatic N) is 2. The lowest BCUT2D eigenvalue weighted by Crippen LogP contribution is -2.44. The molecule has 150 valence electrons. The van der Waals surface area contributed by atoms with Crippen molar-refractivity contribution in [2.75, 3.05) is 19.6 Å². The normalized spacial score (nSPS) is 22.9. The van der Waals surface area contributed by atoms with Crippen LogP contribution in [0.25, 0.3) is 0 Å². The molecule has 0 N–H and O–H groups in total. The number of alkyl halides is 2. The summed E-state index contributed by atoms with van der Waals surface area (Å²) in [4.78, 5) is 2.16. The minimum absolute atomic E-state index is 0.0739. The molecule has 1 atom stereocenters. The van der Waals surface area contributed by atoms with E-state index in [1.165, 1.54) is 23.3 Å². The van der Waals surface area contributed by atoms with E-state index < -0.39 is 35.0 Å². The molecule has 0 saturated carbocycles. The van der Waals surface area contributed by atoms with Gasteiger partial charge in [-0.3, -0.25) is 4.90 Å². The van der Waals surface area contributed by atoms with Gasteiger partial charge in [0.05, 0.1) is 11.4 Å². The molecular formula is C21H24F2N2O2S. The predicted octanol–water partition coefficient (Wildman–Crippen LogP) is 3.45. The summed E-state index contributed by atoms with van der Waals surface area (Å²) < 4.78 is 55.6. The number of rotatable bonds is 4. The van der Waals surface area contributed by atoms with E-state index in [2.05, 4.69) is 11.0 Å². The SMILES string of the molecule is Cc1ccc(S(=O)(=O)N2CC(F)(F)C[C@H]2CN2CCc3ccccc3C2)cc1. The molecule has 0 aromatic heterocycles. The molecule has 1 saturated heterocycles. The number of hydrogen-bond acceptors (Lipinski definition) is 3. The second-order valence-electron chi connectivity index (χ2n) is 7.83. The number of hydrogen-bond donors (Lipinski definition) is 0. The van der Waals surface area contributed by atoms with Gasteiger partial charge in [0.2, 0.25) is 10.0 Å². The van der Waals surface area contributed by atoms with E-state index in [-0.39, 0.29) is 4.90 Å². The van der Waals surface area contributed by atoms with Crippen LogP contribution in [-0.2, 0) is 23.0 Å². The summed E-state index contributed by atoms with van der Waals surface area (Å²) in [5.74, 6) is -3.00. The lowest BCUT2D eigenvalue weighted by molar-refractivity contribution is 0.0165. The highest BCUT2D eigenvalue weighted by Gasteiger charge is 2.50. The van der Waals surface area contributed by atoms with Gasteiger partial charge in [0.25, 0.3) is 5.92 Å². The third-order valence-electron chi connectivity index (χ3n) is 5.63. The van der Waals surface area contributed by atoms with Gasteiger partial charge in [-0.25, -0.2) is 17.2 Å². The molecule has 0 amide bonds. The highest BCUT2D eigenvalue weighted by atomic mass is 32.2. The Bertz CT molecular complexity index is 961. The van der Waals surface area contributed by atoms with Crippen LogP contribution in [0.5, 0.6) is 0 Å². The van der Waals surface area contributed by atoms with Crippen LogP contribution in [0.4, 0.5) is 8.78 Å².